The molecule has 2 unspecified atom stereocenters. The minimum absolute atomic E-state index is 0.00763. The molecular formula is C20H23ClF2N4O4S. The van der Waals surface area contributed by atoms with Gasteiger partial charge in [-0.2, -0.15) is 14.1 Å². The van der Waals surface area contributed by atoms with Crippen LogP contribution in [0.2, 0.25) is 0 Å². The van der Waals surface area contributed by atoms with Gasteiger partial charge in [0, 0.05) is 44.0 Å². The maximum atomic E-state index is 13.7. The summed E-state index contributed by atoms with van der Waals surface area (Å²) in [6.07, 6.45) is 4.28. The quantitative estimate of drug-likeness (QED) is 0.599. The molecule has 0 amide bonds. The molecule has 4 rings (SSSR count). The maximum absolute atomic E-state index is 13.7. The normalized spacial score (nSPS) is 22.3. The fourth-order valence-electron chi connectivity index (χ4n) is 4.03. The summed E-state index contributed by atoms with van der Waals surface area (Å²) in [5, 5.41) is 4.06. The first kappa shape index (κ1) is 22.9. The Bertz CT molecular complexity index is 1150. The average molecular weight is 489 g/mol. The highest BCUT2D eigenvalue weighted by Gasteiger charge is 2.30. The summed E-state index contributed by atoms with van der Waals surface area (Å²) in [5.74, 6) is -1.66. The molecule has 0 radical (unpaired) electrons. The third kappa shape index (κ3) is 4.89. The predicted octanol–water partition coefficient (Wildman–Crippen LogP) is 2.13. The fraction of sp³-hybridized carbons (Fsp3) is 0.500. The van der Waals surface area contributed by atoms with Gasteiger partial charge in [0.25, 0.3) is 0 Å². The Hall–Kier alpha value is -2.24. The molecule has 8 nitrogen and oxygen atoms in total. The smallest absolute Gasteiger partial charge is 0.316 e. The standard InChI is InChI=1S/C20H23ClF2N4O4S/c1-32(29,30)26-6-4-25(5-7-26)18-12-24-27(16-10-14(22)9-15(23)11-16)20(28)19(18)31-17-3-2-13(21)8-17/h9-13,17H,2-8H2,1H3. The largest absolute Gasteiger partial charge is 0.483 e. The number of rotatable bonds is 5. The van der Waals surface area contributed by atoms with E-state index in [1.165, 1.54) is 10.5 Å². The number of nitrogens with zero attached hydrogens (tertiary/aromatic N) is 4. The Kier molecular flexibility index (Phi) is 6.42. The molecule has 174 valence electrons. The third-order valence-electron chi connectivity index (χ3n) is 5.66. The molecule has 0 bridgehead atoms. The van der Waals surface area contributed by atoms with Crippen molar-refractivity contribution in [2.45, 2.75) is 30.7 Å². The minimum Gasteiger partial charge on any atom is -0.483 e. The molecule has 2 aromatic rings. The van der Waals surface area contributed by atoms with Crippen LogP contribution in [0.25, 0.3) is 5.69 Å². The van der Waals surface area contributed by atoms with Gasteiger partial charge >= 0.3 is 5.56 Å². The summed E-state index contributed by atoms with van der Waals surface area (Å²) in [5.41, 5.74) is -0.308. The number of piperazine rings is 1. The summed E-state index contributed by atoms with van der Waals surface area (Å²) in [6.45, 7) is 1.19. The molecule has 1 saturated heterocycles. The van der Waals surface area contributed by atoms with Crippen molar-refractivity contribution in [1.82, 2.24) is 14.1 Å². The topological polar surface area (TPSA) is 84.7 Å². The molecule has 32 heavy (non-hydrogen) atoms. The lowest BCUT2D eigenvalue weighted by molar-refractivity contribution is 0.206. The van der Waals surface area contributed by atoms with E-state index in [4.69, 9.17) is 16.3 Å². The highest BCUT2D eigenvalue weighted by atomic mass is 35.5. The van der Waals surface area contributed by atoms with Crippen LogP contribution in [0.5, 0.6) is 5.75 Å². The van der Waals surface area contributed by atoms with Gasteiger partial charge in [-0.15, -0.1) is 11.6 Å². The monoisotopic (exact) mass is 488 g/mol. The van der Waals surface area contributed by atoms with Gasteiger partial charge < -0.3 is 9.64 Å². The fourth-order valence-corrected chi connectivity index (χ4v) is 5.18. The molecule has 0 N–H and O–H groups in total. The van der Waals surface area contributed by atoms with Crippen molar-refractivity contribution in [2.24, 2.45) is 0 Å². The van der Waals surface area contributed by atoms with Crippen LogP contribution in [-0.2, 0) is 10.0 Å². The Morgan fingerprint density at radius 1 is 1.09 bits per heavy atom. The van der Waals surface area contributed by atoms with Crippen LogP contribution in [-0.4, -0.2) is 66.4 Å². The zero-order valence-corrected chi connectivity index (χ0v) is 19.0. The van der Waals surface area contributed by atoms with E-state index in [-0.39, 0.29) is 36.0 Å². The average Bonchev–Trinajstić information content (AvgIpc) is 3.13. The van der Waals surface area contributed by atoms with Crippen LogP contribution in [0.3, 0.4) is 0 Å². The highest BCUT2D eigenvalue weighted by molar-refractivity contribution is 7.88. The molecular weight excluding hydrogens is 466 g/mol. The second-order valence-electron chi connectivity index (χ2n) is 8.00. The number of hydrogen-bond acceptors (Lipinski definition) is 6. The molecule has 1 aliphatic carbocycles. The first-order valence-electron chi connectivity index (χ1n) is 10.2. The van der Waals surface area contributed by atoms with E-state index in [2.05, 4.69) is 5.10 Å². The van der Waals surface area contributed by atoms with E-state index in [1.54, 1.807) is 0 Å². The molecule has 2 atom stereocenters. The van der Waals surface area contributed by atoms with Crippen LogP contribution in [0.15, 0.2) is 29.2 Å². The summed E-state index contributed by atoms with van der Waals surface area (Å²) in [6, 6.07) is 2.73. The molecule has 12 heteroatoms. The van der Waals surface area contributed by atoms with Gasteiger partial charge in [-0.3, -0.25) is 4.79 Å². The number of benzene rings is 1. The third-order valence-corrected chi connectivity index (χ3v) is 7.36. The summed E-state index contributed by atoms with van der Waals surface area (Å²) >= 11 is 6.19. The molecule has 1 saturated carbocycles. The van der Waals surface area contributed by atoms with E-state index in [0.717, 1.165) is 29.5 Å². The Morgan fingerprint density at radius 3 is 2.31 bits per heavy atom. The second kappa shape index (κ2) is 8.95. The second-order valence-corrected chi connectivity index (χ2v) is 10.6. The Morgan fingerprint density at radius 2 is 1.75 bits per heavy atom. The zero-order valence-electron chi connectivity index (χ0n) is 17.4. The van der Waals surface area contributed by atoms with E-state index >= 15 is 0 Å². The lowest BCUT2D eigenvalue weighted by atomic mass is 10.2. The van der Waals surface area contributed by atoms with Crippen molar-refractivity contribution < 1.29 is 21.9 Å². The SMILES string of the molecule is CS(=O)(=O)N1CCN(c2cnn(-c3cc(F)cc(F)c3)c(=O)c2OC2CCC(Cl)C2)CC1. The number of halogens is 3. The molecule has 1 aromatic heterocycles. The summed E-state index contributed by atoms with van der Waals surface area (Å²) in [4.78, 5) is 15.1. The van der Waals surface area contributed by atoms with Crippen LogP contribution < -0.4 is 15.2 Å². The van der Waals surface area contributed by atoms with Crippen molar-refractivity contribution in [2.75, 3.05) is 37.3 Å². The first-order chi connectivity index (χ1) is 15.1. The van der Waals surface area contributed by atoms with Gasteiger partial charge in [-0.25, -0.2) is 17.2 Å². The van der Waals surface area contributed by atoms with E-state index in [0.29, 0.717) is 37.7 Å². The summed E-state index contributed by atoms with van der Waals surface area (Å²) in [7, 11) is -3.32. The van der Waals surface area contributed by atoms with Crippen LogP contribution in [0.1, 0.15) is 19.3 Å². The van der Waals surface area contributed by atoms with E-state index < -0.39 is 27.2 Å². The van der Waals surface area contributed by atoms with Gasteiger partial charge in [-0.1, -0.05) is 0 Å². The first-order valence-corrected chi connectivity index (χ1v) is 12.5. The molecule has 1 aliphatic heterocycles. The van der Waals surface area contributed by atoms with Crippen molar-refractivity contribution in [3.8, 4) is 11.4 Å². The van der Waals surface area contributed by atoms with Crippen LogP contribution >= 0.6 is 11.6 Å². The minimum atomic E-state index is -3.32. The van der Waals surface area contributed by atoms with Crippen LogP contribution in [0.4, 0.5) is 14.5 Å². The van der Waals surface area contributed by atoms with Gasteiger partial charge in [0.05, 0.1) is 18.1 Å². The molecule has 2 heterocycles. The van der Waals surface area contributed by atoms with Gasteiger partial charge in [0.2, 0.25) is 15.8 Å². The Labute approximate surface area is 189 Å². The number of hydrogen-bond donors (Lipinski definition) is 0. The predicted molar refractivity (Wildman–Crippen MR) is 116 cm³/mol. The molecule has 2 fully saturated rings. The van der Waals surface area contributed by atoms with Gasteiger partial charge in [-0.05, 0) is 25.0 Å². The van der Waals surface area contributed by atoms with E-state index in [1.807, 2.05) is 4.90 Å². The van der Waals surface area contributed by atoms with Crippen molar-refractivity contribution >= 4 is 27.3 Å². The number of anilines is 1. The van der Waals surface area contributed by atoms with Gasteiger partial charge in [0.15, 0.2) is 0 Å². The van der Waals surface area contributed by atoms with Gasteiger partial charge in [0.1, 0.15) is 23.4 Å². The van der Waals surface area contributed by atoms with Crippen molar-refractivity contribution in [3.05, 3.63) is 46.4 Å². The number of aromatic nitrogens is 2. The lowest BCUT2D eigenvalue weighted by Gasteiger charge is -2.35. The van der Waals surface area contributed by atoms with Crippen LogP contribution in [0, 0.1) is 11.6 Å². The zero-order chi connectivity index (χ0) is 23.0. The van der Waals surface area contributed by atoms with E-state index in [9.17, 15) is 22.0 Å². The Balaban J connectivity index is 1.71. The van der Waals surface area contributed by atoms with Crippen molar-refractivity contribution in [3.63, 3.8) is 0 Å². The van der Waals surface area contributed by atoms with Crippen molar-refractivity contribution in [1.29, 1.82) is 0 Å². The summed E-state index contributed by atoms with van der Waals surface area (Å²) < 4.78 is 59.4. The molecule has 1 aromatic carbocycles. The highest BCUT2D eigenvalue weighted by Crippen LogP contribution is 2.32. The number of ether oxygens (including phenoxy) is 1. The number of sulfonamides is 1. The number of alkyl halides is 1. The lowest BCUT2D eigenvalue weighted by Crippen LogP contribution is -2.49. The molecule has 0 spiro atoms. The molecule has 2 aliphatic rings. The maximum Gasteiger partial charge on any atom is 0.316 e.